The third-order valence-electron chi connectivity index (χ3n) is 2.39. The van der Waals surface area contributed by atoms with E-state index >= 15 is 0 Å². The van der Waals surface area contributed by atoms with Crippen LogP contribution in [-0.2, 0) is 6.42 Å². The summed E-state index contributed by atoms with van der Waals surface area (Å²) in [7, 11) is 0. The molecule has 0 aliphatic carbocycles. The summed E-state index contributed by atoms with van der Waals surface area (Å²) in [5.74, 6) is 1.23. The van der Waals surface area contributed by atoms with E-state index in [1.54, 1.807) is 12.1 Å². The number of aryl methyl sites for hydroxylation is 1. The van der Waals surface area contributed by atoms with Gasteiger partial charge in [-0.05, 0) is 42.3 Å². The van der Waals surface area contributed by atoms with Gasteiger partial charge in [0.2, 0.25) is 0 Å². The van der Waals surface area contributed by atoms with Gasteiger partial charge in [0.1, 0.15) is 17.3 Å². The molecule has 2 aromatic rings. The quantitative estimate of drug-likeness (QED) is 0.747. The Hall–Kier alpha value is -1.83. The highest BCUT2D eigenvalue weighted by molar-refractivity contribution is 5.37. The van der Waals surface area contributed by atoms with Crippen LogP contribution in [0.2, 0.25) is 0 Å². The number of rotatable bonds is 3. The molecule has 0 fully saturated rings. The van der Waals surface area contributed by atoms with Crippen LogP contribution in [0, 0.1) is 5.82 Å². The molecule has 0 aliphatic rings. The second-order valence-electron chi connectivity index (χ2n) is 3.52. The van der Waals surface area contributed by atoms with Crippen molar-refractivity contribution in [1.82, 2.24) is 0 Å². The van der Waals surface area contributed by atoms with Gasteiger partial charge in [-0.2, -0.15) is 0 Å². The third-order valence-corrected chi connectivity index (χ3v) is 2.39. The first-order chi connectivity index (χ1) is 7.79. The Labute approximate surface area is 94.5 Å². The summed E-state index contributed by atoms with van der Waals surface area (Å²) in [6.07, 6.45) is 0.914. The highest BCUT2D eigenvalue weighted by Crippen LogP contribution is 2.25. The Morgan fingerprint density at radius 2 is 1.69 bits per heavy atom. The smallest absolute Gasteiger partial charge is 0.130 e. The van der Waals surface area contributed by atoms with Gasteiger partial charge in [0.05, 0.1) is 0 Å². The fourth-order valence-electron chi connectivity index (χ4n) is 1.53. The molecule has 0 heterocycles. The van der Waals surface area contributed by atoms with E-state index in [2.05, 4.69) is 6.92 Å². The topological polar surface area (TPSA) is 9.23 Å². The number of benzene rings is 2. The van der Waals surface area contributed by atoms with Crippen molar-refractivity contribution in [3.8, 4) is 11.5 Å². The molecule has 0 saturated carbocycles. The van der Waals surface area contributed by atoms with Gasteiger partial charge in [0, 0.05) is 0 Å². The Balaban J connectivity index is 2.23. The lowest BCUT2D eigenvalue weighted by Crippen LogP contribution is -1.89. The van der Waals surface area contributed by atoms with Crippen LogP contribution >= 0.6 is 0 Å². The van der Waals surface area contributed by atoms with Crippen molar-refractivity contribution in [2.45, 2.75) is 13.3 Å². The van der Waals surface area contributed by atoms with Gasteiger partial charge in [-0.3, -0.25) is 0 Å². The van der Waals surface area contributed by atoms with E-state index < -0.39 is 0 Å². The van der Waals surface area contributed by atoms with E-state index in [0.29, 0.717) is 5.75 Å². The summed E-state index contributed by atoms with van der Waals surface area (Å²) in [5.41, 5.74) is 1.15. The summed E-state index contributed by atoms with van der Waals surface area (Å²) >= 11 is 0. The minimum Gasteiger partial charge on any atom is -0.457 e. The van der Waals surface area contributed by atoms with Crippen LogP contribution in [0.3, 0.4) is 0 Å². The number of hydrogen-bond donors (Lipinski definition) is 0. The first-order valence-electron chi connectivity index (χ1n) is 5.31. The predicted octanol–water partition coefficient (Wildman–Crippen LogP) is 4.18. The number of ether oxygens (including phenoxy) is 1. The molecule has 0 spiro atoms. The Bertz CT molecular complexity index is 462. The van der Waals surface area contributed by atoms with Gasteiger partial charge in [-0.25, -0.2) is 4.39 Å². The van der Waals surface area contributed by atoms with E-state index in [1.165, 1.54) is 12.1 Å². The summed E-state index contributed by atoms with van der Waals surface area (Å²) < 4.78 is 18.4. The molecule has 2 heteroatoms. The average molecular weight is 216 g/mol. The largest absolute Gasteiger partial charge is 0.457 e. The van der Waals surface area contributed by atoms with Crippen LogP contribution in [0.5, 0.6) is 11.5 Å². The molecule has 2 aromatic carbocycles. The zero-order chi connectivity index (χ0) is 11.4. The second-order valence-corrected chi connectivity index (χ2v) is 3.52. The monoisotopic (exact) mass is 216 g/mol. The van der Waals surface area contributed by atoms with E-state index in [-0.39, 0.29) is 5.82 Å². The van der Waals surface area contributed by atoms with Crippen LogP contribution in [0.4, 0.5) is 4.39 Å². The predicted molar refractivity (Wildman–Crippen MR) is 62.3 cm³/mol. The van der Waals surface area contributed by atoms with Crippen molar-refractivity contribution >= 4 is 0 Å². The first-order valence-corrected chi connectivity index (χ1v) is 5.31. The molecule has 16 heavy (non-hydrogen) atoms. The van der Waals surface area contributed by atoms with Crippen LogP contribution in [0.25, 0.3) is 0 Å². The average Bonchev–Trinajstić information content (AvgIpc) is 2.33. The van der Waals surface area contributed by atoms with Crippen LogP contribution < -0.4 is 4.74 Å². The van der Waals surface area contributed by atoms with Crippen molar-refractivity contribution in [1.29, 1.82) is 0 Å². The van der Waals surface area contributed by atoms with Crippen molar-refractivity contribution in [3.05, 3.63) is 59.9 Å². The van der Waals surface area contributed by atoms with E-state index in [1.807, 2.05) is 24.3 Å². The van der Waals surface area contributed by atoms with Gasteiger partial charge in [0.15, 0.2) is 0 Å². The summed E-state index contributed by atoms with van der Waals surface area (Å²) in [5, 5.41) is 0. The number of halogens is 1. The normalized spacial score (nSPS) is 10.1. The third kappa shape index (κ3) is 2.40. The van der Waals surface area contributed by atoms with Gasteiger partial charge in [-0.15, -0.1) is 0 Å². The molecule has 2 rings (SSSR count). The maximum Gasteiger partial charge on any atom is 0.130 e. The Kier molecular flexibility index (Phi) is 3.20. The van der Waals surface area contributed by atoms with Gasteiger partial charge < -0.3 is 4.74 Å². The summed E-state index contributed by atoms with van der Waals surface area (Å²) in [6.45, 7) is 2.08. The van der Waals surface area contributed by atoms with Gasteiger partial charge >= 0.3 is 0 Å². The molecular formula is C14H13FO. The van der Waals surface area contributed by atoms with E-state index in [4.69, 9.17) is 4.74 Å². The number of hydrogen-bond acceptors (Lipinski definition) is 1. The lowest BCUT2D eigenvalue weighted by Gasteiger charge is -2.09. The Morgan fingerprint density at radius 1 is 1.00 bits per heavy atom. The van der Waals surface area contributed by atoms with Crippen LogP contribution in [-0.4, -0.2) is 0 Å². The standard InChI is InChI=1S/C14H13FO/c1-2-11-5-3-4-6-14(11)16-13-9-7-12(15)8-10-13/h3-10H,2H2,1H3. The van der Waals surface area contributed by atoms with Crippen molar-refractivity contribution in [3.63, 3.8) is 0 Å². The fraction of sp³-hybridized carbons (Fsp3) is 0.143. The lowest BCUT2D eigenvalue weighted by atomic mass is 10.1. The Morgan fingerprint density at radius 3 is 2.38 bits per heavy atom. The SMILES string of the molecule is CCc1ccccc1Oc1ccc(F)cc1. The molecule has 0 saturated heterocycles. The molecular weight excluding hydrogens is 203 g/mol. The molecule has 0 aromatic heterocycles. The highest BCUT2D eigenvalue weighted by Gasteiger charge is 2.02. The maximum atomic E-state index is 12.7. The molecule has 82 valence electrons. The fourth-order valence-corrected chi connectivity index (χ4v) is 1.53. The molecule has 0 amide bonds. The minimum absolute atomic E-state index is 0.254. The minimum atomic E-state index is -0.254. The zero-order valence-electron chi connectivity index (χ0n) is 9.11. The van der Waals surface area contributed by atoms with E-state index in [9.17, 15) is 4.39 Å². The molecule has 1 nitrogen and oxygen atoms in total. The van der Waals surface area contributed by atoms with Crippen molar-refractivity contribution in [2.75, 3.05) is 0 Å². The zero-order valence-corrected chi connectivity index (χ0v) is 9.11. The van der Waals surface area contributed by atoms with E-state index in [0.717, 1.165) is 17.7 Å². The lowest BCUT2D eigenvalue weighted by molar-refractivity contribution is 0.475. The van der Waals surface area contributed by atoms with Gasteiger partial charge in [-0.1, -0.05) is 25.1 Å². The molecule has 0 atom stereocenters. The van der Waals surface area contributed by atoms with Crippen LogP contribution in [0.1, 0.15) is 12.5 Å². The van der Waals surface area contributed by atoms with Gasteiger partial charge in [0.25, 0.3) is 0 Å². The molecule has 0 radical (unpaired) electrons. The molecule has 0 aliphatic heterocycles. The first kappa shape index (κ1) is 10.7. The van der Waals surface area contributed by atoms with Crippen molar-refractivity contribution in [2.24, 2.45) is 0 Å². The summed E-state index contributed by atoms with van der Waals surface area (Å²) in [4.78, 5) is 0. The van der Waals surface area contributed by atoms with Crippen LogP contribution in [0.15, 0.2) is 48.5 Å². The maximum absolute atomic E-state index is 12.7. The van der Waals surface area contributed by atoms with Crippen molar-refractivity contribution < 1.29 is 9.13 Å². The summed E-state index contributed by atoms with van der Waals surface area (Å²) in [6, 6.07) is 13.9. The number of para-hydroxylation sites is 1. The molecule has 0 N–H and O–H groups in total. The molecule has 0 bridgehead atoms. The second kappa shape index (κ2) is 4.79. The highest BCUT2D eigenvalue weighted by atomic mass is 19.1. The molecule has 0 unspecified atom stereocenters.